The summed E-state index contributed by atoms with van der Waals surface area (Å²) in [6.45, 7) is 3.81. The molecule has 1 heterocycles. The van der Waals surface area contributed by atoms with Gasteiger partial charge in [-0.05, 0) is 25.6 Å². The van der Waals surface area contributed by atoms with Crippen molar-refractivity contribution in [1.82, 2.24) is 5.32 Å². The van der Waals surface area contributed by atoms with Gasteiger partial charge in [-0.15, -0.1) is 0 Å². The fourth-order valence-corrected chi connectivity index (χ4v) is 4.51. The predicted octanol–water partition coefficient (Wildman–Crippen LogP) is 2.79. The second-order valence-electron chi connectivity index (χ2n) is 5.36. The van der Waals surface area contributed by atoms with E-state index in [0.29, 0.717) is 11.3 Å². The van der Waals surface area contributed by atoms with Crippen LogP contribution >= 0.6 is 11.8 Å². The maximum atomic E-state index is 5.87. The van der Waals surface area contributed by atoms with Crippen LogP contribution in [0.4, 0.5) is 0 Å². The van der Waals surface area contributed by atoms with Gasteiger partial charge in [0.25, 0.3) is 0 Å². The molecule has 2 fully saturated rings. The standard InChI is InChI=1S/C14H27NO2S/c1-3-4-5-10-18-13-11-14(16-8-9-17-14)7-6-12(13)15-2/h12-13,15H,3-11H2,1-2H3. The van der Waals surface area contributed by atoms with Gasteiger partial charge in [-0.3, -0.25) is 0 Å². The van der Waals surface area contributed by atoms with E-state index in [2.05, 4.69) is 31.1 Å². The van der Waals surface area contributed by atoms with Gasteiger partial charge < -0.3 is 14.8 Å². The lowest BCUT2D eigenvalue weighted by Gasteiger charge is -2.40. The van der Waals surface area contributed by atoms with Gasteiger partial charge in [-0.25, -0.2) is 0 Å². The normalized spacial score (nSPS) is 31.0. The van der Waals surface area contributed by atoms with Crippen LogP contribution in [0.25, 0.3) is 0 Å². The molecule has 0 amide bonds. The molecule has 0 aromatic heterocycles. The van der Waals surface area contributed by atoms with Crippen LogP contribution in [0.1, 0.15) is 45.4 Å². The van der Waals surface area contributed by atoms with E-state index in [9.17, 15) is 0 Å². The number of hydrogen-bond donors (Lipinski definition) is 1. The van der Waals surface area contributed by atoms with Crippen molar-refractivity contribution < 1.29 is 9.47 Å². The highest BCUT2D eigenvalue weighted by Crippen LogP contribution is 2.40. The lowest BCUT2D eigenvalue weighted by atomic mass is 9.89. The Labute approximate surface area is 115 Å². The van der Waals surface area contributed by atoms with Crippen molar-refractivity contribution in [3.8, 4) is 0 Å². The molecule has 1 spiro atoms. The van der Waals surface area contributed by atoms with Crippen molar-refractivity contribution in [2.75, 3.05) is 26.0 Å². The molecule has 1 aliphatic carbocycles. The van der Waals surface area contributed by atoms with E-state index >= 15 is 0 Å². The van der Waals surface area contributed by atoms with Crippen LogP contribution in [0.5, 0.6) is 0 Å². The van der Waals surface area contributed by atoms with Gasteiger partial charge >= 0.3 is 0 Å². The van der Waals surface area contributed by atoms with Crippen molar-refractivity contribution in [3.63, 3.8) is 0 Å². The minimum atomic E-state index is -0.240. The summed E-state index contributed by atoms with van der Waals surface area (Å²) in [6, 6.07) is 0.620. The number of nitrogens with one attached hydrogen (secondary N) is 1. The molecule has 2 unspecified atom stereocenters. The Morgan fingerprint density at radius 3 is 2.72 bits per heavy atom. The molecule has 2 rings (SSSR count). The molecule has 0 radical (unpaired) electrons. The van der Waals surface area contributed by atoms with Gasteiger partial charge in [-0.1, -0.05) is 19.8 Å². The molecule has 0 aromatic rings. The van der Waals surface area contributed by atoms with E-state index in [1.165, 1.54) is 31.4 Å². The maximum absolute atomic E-state index is 5.87. The highest BCUT2D eigenvalue weighted by Gasteiger charge is 2.44. The number of thioether (sulfide) groups is 1. The third-order valence-electron chi connectivity index (χ3n) is 4.06. The zero-order valence-corrected chi connectivity index (χ0v) is 12.6. The average Bonchev–Trinajstić information content (AvgIpc) is 2.83. The van der Waals surface area contributed by atoms with Gasteiger partial charge in [0.05, 0.1) is 13.2 Å². The second kappa shape index (κ2) is 7.13. The molecule has 1 N–H and O–H groups in total. The summed E-state index contributed by atoms with van der Waals surface area (Å²) in [6.07, 6.45) is 7.25. The van der Waals surface area contributed by atoms with Crippen LogP contribution in [-0.4, -0.2) is 43.1 Å². The minimum absolute atomic E-state index is 0.240. The SMILES string of the molecule is CCCCCSC1CC2(CCC1NC)OCCO2. The minimum Gasteiger partial charge on any atom is -0.347 e. The highest BCUT2D eigenvalue weighted by atomic mass is 32.2. The van der Waals surface area contributed by atoms with Gasteiger partial charge in [0, 0.05) is 24.1 Å². The molecule has 106 valence electrons. The number of rotatable bonds is 6. The number of ether oxygens (including phenoxy) is 2. The molecular formula is C14H27NO2S. The summed E-state index contributed by atoms with van der Waals surface area (Å²) < 4.78 is 11.7. The Balaban J connectivity index is 1.83. The zero-order chi connectivity index (χ0) is 12.8. The van der Waals surface area contributed by atoms with Gasteiger partial charge in [0.1, 0.15) is 0 Å². The first-order chi connectivity index (χ1) is 8.79. The lowest BCUT2D eigenvalue weighted by molar-refractivity contribution is -0.177. The molecule has 2 atom stereocenters. The fourth-order valence-electron chi connectivity index (χ4n) is 2.96. The van der Waals surface area contributed by atoms with Crippen molar-refractivity contribution in [2.45, 2.75) is 62.5 Å². The van der Waals surface area contributed by atoms with Gasteiger partial charge in [0.2, 0.25) is 0 Å². The Morgan fingerprint density at radius 2 is 2.06 bits per heavy atom. The Hall–Kier alpha value is 0.230. The smallest absolute Gasteiger partial charge is 0.169 e. The van der Waals surface area contributed by atoms with Crippen LogP contribution in [0.15, 0.2) is 0 Å². The van der Waals surface area contributed by atoms with E-state index in [0.717, 1.165) is 26.1 Å². The summed E-state index contributed by atoms with van der Waals surface area (Å²) in [5.41, 5.74) is 0. The average molecular weight is 273 g/mol. The Kier molecular flexibility index (Phi) is 5.80. The zero-order valence-electron chi connectivity index (χ0n) is 11.7. The first kappa shape index (κ1) is 14.6. The maximum Gasteiger partial charge on any atom is 0.169 e. The number of hydrogen-bond acceptors (Lipinski definition) is 4. The van der Waals surface area contributed by atoms with Crippen LogP contribution in [0, 0.1) is 0 Å². The van der Waals surface area contributed by atoms with Gasteiger partial charge in [-0.2, -0.15) is 11.8 Å². The first-order valence-corrected chi connectivity index (χ1v) is 8.41. The molecule has 2 aliphatic rings. The number of unbranched alkanes of at least 4 members (excludes halogenated alkanes) is 2. The molecule has 1 saturated heterocycles. The summed E-state index contributed by atoms with van der Waals surface area (Å²) in [7, 11) is 2.08. The van der Waals surface area contributed by atoms with Crippen LogP contribution in [0.2, 0.25) is 0 Å². The quantitative estimate of drug-likeness (QED) is 0.754. The Bertz CT molecular complexity index is 244. The topological polar surface area (TPSA) is 30.5 Å². The van der Waals surface area contributed by atoms with E-state index < -0.39 is 0 Å². The molecule has 3 nitrogen and oxygen atoms in total. The van der Waals surface area contributed by atoms with Crippen LogP contribution < -0.4 is 5.32 Å². The van der Waals surface area contributed by atoms with E-state index in [1.54, 1.807) is 0 Å². The third-order valence-corrected chi connectivity index (χ3v) is 5.51. The predicted molar refractivity (Wildman–Crippen MR) is 77.1 cm³/mol. The van der Waals surface area contributed by atoms with E-state index in [4.69, 9.17) is 9.47 Å². The Morgan fingerprint density at radius 1 is 1.28 bits per heavy atom. The fraction of sp³-hybridized carbons (Fsp3) is 1.00. The molecular weight excluding hydrogens is 246 g/mol. The molecule has 4 heteroatoms. The van der Waals surface area contributed by atoms with E-state index in [1.807, 2.05) is 0 Å². The molecule has 18 heavy (non-hydrogen) atoms. The van der Waals surface area contributed by atoms with E-state index in [-0.39, 0.29) is 5.79 Å². The summed E-state index contributed by atoms with van der Waals surface area (Å²) in [5, 5.41) is 4.11. The summed E-state index contributed by atoms with van der Waals surface area (Å²) >= 11 is 2.11. The van der Waals surface area contributed by atoms with Gasteiger partial charge in [0.15, 0.2) is 5.79 Å². The molecule has 0 bridgehead atoms. The summed E-state index contributed by atoms with van der Waals surface area (Å²) in [4.78, 5) is 0. The second-order valence-corrected chi connectivity index (χ2v) is 6.71. The molecule has 0 aromatic carbocycles. The van der Waals surface area contributed by atoms with Crippen LogP contribution in [-0.2, 0) is 9.47 Å². The van der Waals surface area contributed by atoms with Crippen molar-refractivity contribution >= 4 is 11.8 Å². The van der Waals surface area contributed by atoms with Crippen LogP contribution in [0.3, 0.4) is 0 Å². The third kappa shape index (κ3) is 3.62. The first-order valence-electron chi connectivity index (χ1n) is 7.36. The summed E-state index contributed by atoms with van der Waals surface area (Å²) in [5.74, 6) is 1.03. The van der Waals surface area contributed by atoms with Crippen molar-refractivity contribution in [1.29, 1.82) is 0 Å². The largest absolute Gasteiger partial charge is 0.347 e. The van der Waals surface area contributed by atoms with Crippen molar-refractivity contribution in [3.05, 3.63) is 0 Å². The highest BCUT2D eigenvalue weighted by molar-refractivity contribution is 7.99. The monoisotopic (exact) mass is 273 g/mol. The molecule has 1 aliphatic heterocycles. The van der Waals surface area contributed by atoms with Crippen molar-refractivity contribution in [2.24, 2.45) is 0 Å². The lowest BCUT2D eigenvalue weighted by Crippen LogP contribution is -2.48. The molecule has 1 saturated carbocycles.